The summed E-state index contributed by atoms with van der Waals surface area (Å²) in [6.45, 7) is 0.500. The predicted octanol–water partition coefficient (Wildman–Crippen LogP) is 1.44. The van der Waals surface area contributed by atoms with Crippen LogP contribution >= 0.6 is 0 Å². The summed E-state index contributed by atoms with van der Waals surface area (Å²) in [7, 11) is -3.96. The largest absolute Gasteiger partial charge is 0.336 e. The van der Waals surface area contributed by atoms with Crippen LogP contribution in [0.5, 0.6) is 0 Å². The van der Waals surface area contributed by atoms with Gasteiger partial charge in [0.25, 0.3) is 0 Å². The lowest BCUT2D eigenvalue weighted by atomic mass is 9.79. The van der Waals surface area contributed by atoms with Gasteiger partial charge in [-0.2, -0.15) is 12.7 Å². The quantitative estimate of drug-likeness (QED) is 0.679. The van der Waals surface area contributed by atoms with Gasteiger partial charge in [0.2, 0.25) is 0 Å². The molecule has 2 fully saturated rings. The van der Waals surface area contributed by atoms with Gasteiger partial charge in [-0.15, -0.1) is 0 Å². The lowest BCUT2D eigenvalue weighted by molar-refractivity contribution is 0.120. The first-order valence-electron chi connectivity index (χ1n) is 5.33. The normalized spacial score (nSPS) is 35.2. The Labute approximate surface area is 85.2 Å². The number of hydrogen-bond acceptors (Lipinski definition) is 2. The van der Waals surface area contributed by atoms with Crippen LogP contribution < -0.4 is 0 Å². The van der Waals surface area contributed by atoms with Gasteiger partial charge in [-0.3, -0.25) is 4.55 Å². The maximum absolute atomic E-state index is 11.1. The van der Waals surface area contributed by atoms with Crippen LogP contribution in [0, 0.1) is 5.92 Å². The highest BCUT2D eigenvalue weighted by atomic mass is 32.2. The Morgan fingerprint density at radius 3 is 2.43 bits per heavy atom. The van der Waals surface area contributed by atoms with Crippen molar-refractivity contribution in [3.8, 4) is 0 Å². The molecule has 2 atom stereocenters. The molecule has 2 aliphatic rings. The molecule has 1 aliphatic heterocycles. The molecule has 2 unspecified atom stereocenters. The molecule has 4 nitrogen and oxygen atoms in total. The van der Waals surface area contributed by atoms with Crippen molar-refractivity contribution in [1.29, 1.82) is 0 Å². The van der Waals surface area contributed by atoms with Crippen LogP contribution in [0.15, 0.2) is 0 Å². The molecule has 1 N–H and O–H groups in total. The predicted molar refractivity (Wildman–Crippen MR) is 53.2 cm³/mol. The first-order valence-corrected chi connectivity index (χ1v) is 6.73. The molecule has 0 bridgehead atoms. The van der Waals surface area contributed by atoms with Gasteiger partial charge >= 0.3 is 10.3 Å². The van der Waals surface area contributed by atoms with E-state index < -0.39 is 10.3 Å². The molecule has 5 heteroatoms. The van der Waals surface area contributed by atoms with Crippen molar-refractivity contribution in [2.75, 3.05) is 6.54 Å². The minimum atomic E-state index is -3.96. The zero-order chi connectivity index (χ0) is 10.2. The SMILES string of the molecule is O=S(=O)(O)N1CCCC2CCCCC21. The van der Waals surface area contributed by atoms with Gasteiger partial charge in [0, 0.05) is 12.6 Å². The van der Waals surface area contributed by atoms with E-state index in [1.54, 1.807) is 0 Å². The molecule has 0 aromatic heterocycles. The summed E-state index contributed by atoms with van der Waals surface area (Å²) in [4.78, 5) is 0. The molecule has 0 aromatic rings. The van der Waals surface area contributed by atoms with Crippen LogP contribution in [0.1, 0.15) is 38.5 Å². The third-order valence-electron chi connectivity index (χ3n) is 3.49. The second-order valence-electron chi connectivity index (χ2n) is 4.34. The zero-order valence-electron chi connectivity index (χ0n) is 8.22. The van der Waals surface area contributed by atoms with E-state index in [0.29, 0.717) is 12.5 Å². The minimum absolute atomic E-state index is 0.0764. The van der Waals surface area contributed by atoms with Crippen LogP contribution in [0.2, 0.25) is 0 Å². The standard InChI is InChI=1S/C9H17NO3S/c11-14(12,13)10-7-3-5-8-4-1-2-6-9(8)10/h8-9H,1-7H2,(H,11,12,13). The van der Waals surface area contributed by atoms with E-state index in [2.05, 4.69) is 0 Å². The molecule has 0 spiro atoms. The van der Waals surface area contributed by atoms with Crippen molar-refractivity contribution in [2.24, 2.45) is 5.92 Å². The minimum Gasteiger partial charge on any atom is -0.273 e. The summed E-state index contributed by atoms with van der Waals surface area (Å²) >= 11 is 0. The first kappa shape index (κ1) is 10.4. The molecule has 0 amide bonds. The molecule has 0 aromatic carbocycles. The number of piperidine rings is 1. The average molecular weight is 219 g/mol. The topological polar surface area (TPSA) is 57.6 Å². The lowest BCUT2D eigenvalue weighted by Gasteiger charge is -2.41. The van der Waals surface area contributed by atoms with Crippen molar-refractivity contribution in [3.63, 3.8) is 0 Å². The van der Waals surface area contributed by atoms with Crippen LogP contribution in [0.3, 0.4) is 0 Å². The molecule has 14 heavy (non-hydrogen) atoms. The van der Waals surface area contributed by atoms with E-state index >= 15 is 0 Å². The Kier molecular flexibility index (Phi) is 2.81. The van der Waals surface area contributed by atoms with Gasteiger partial charge in [-0.05, 0) is 31.6 Å². The van der Waals surface area contributed by atoms with Crippen molar-refractivity contribution in [2.45, 2.75) is 44.6 Å². The summed E-state index contributed by atoms with van der Waals surface area (Å²) in [6, 6.07) is 0.0764. The van der Waals surface area contributed by atoms with Gasteiger partial charge in [-0.1, -0.05) is 12.8 Å². The number of hydrogen-bond donors (Lipinski definition) is 1. The van der Waals surface area contributed by atoms with Gasteiger partial charge in [0.15, 0.2) is 0 Å². The van der Waals surface area contributed by atoms with E-state index in [0.717, 1.165) is 32.1 Å². The summed E-state index contributed by atoms with van der Waals surface area (Å²) in [6.07, 6.45) is 6.35. The molecular weight excluding hydrogens is 202 g/mol. The van der Waals surface area contributed by atoms with Crippen molar-refractivity contribution < 1.29 is 13.0 Å². The van der Waals surface area contributed by atoms with Crippen LogP contribution in [-0.4, -0.2) is 29.9 Å². The Bertz CT molecular complexity index is 299. The highest BCUT2D eigenvalue weighted by molar-refractivity contribution is 7.83. The molecule has 82 valence electrons. The molecule has 2 rings (SSSR count). The fourth-order valence-electron chi connectivity index (χ4n) is 2.87. The van der Waals surface area contributed by atoms with E-state index in [4.69, 9.17) is 4.55 Å². The monoisotopic (exact) mass is 219 g/mol. The van der Waals surface area contributed by atoms with Gasteiger partial charge in [0.05, 0.1) is 0 Å². The fourth-order valence-corrected chi connectivity index (χ4v) is 3.85. The summed E-state index contributed by atoms with van der Waals surface area (Å²) in [5.41, 5.74) is 0. The average Bonchev–Trinajstić information content (AvgIpc) is 2.15. The van der Waals surface area contributed by atoms with Gasteiger partial charge < -0.3 is 0 Å². The lowest BCUT2D eigenvalue weighted by Crippen LogP contribution is -2.49. The highest BCUT2D eigenvalue weighted by Gasteiger charge is 2.38. The second-order valence-corrected chi connectivity index (χ2v) is 5.71. The number of fused-ring (bicyclic) bond motifs is 1. The molecule has 1 saturated carbocycles. The maximum Gasteiger partial charge on any atom is 0.336 e. The summed E-state index contributed by atoms with van der Waals surface area (Å²) < 4.78 is 32.6. The third-order valence-corrected chi connectivity index (χ3v) is 4.53. The Morgan fingerprint density at radius 1 is 1.07 bits per heavy atom. The van der Waals surface area contributed by atoms with Crippen LogP contribution in [0.25, 0.3) is 0 Å². The van der Waals surface area contributed by atoms with Crippen molar-refractivity contribution >= 4 is 10.3 Å². The first-order chi connectivity index (χ1) is 6.59. The van der Waals surface area contributed by atoms with Crippen LogP contribution in [0.4, 0.5) is 0 Å². The van der Waals surface area contributed by atoms with E-state index in [-0.39, 0.29) is 6.04 Å². The number of nitrogens with zero attached hydrogens (tertiary/aromatic N) is 1. The van der Waals surface area contributed by atoms with Gasteiger partial charge in [0.1, 0.15) is 0 Å². The molecular formula is C9H17NO3S. The van der Waals surface area contributed by atoms with E-state index in [1.807, 2.05) is 0 Å². The molecule has 0 radical (unpaired) electrons. The van der Waals surface area contributed by atoms with Crippen LogP contribution in [-0.2, 0) is 10.3 Å². The second kappa shape index (κ2) is 3.79. The molecule has 1 heterocycles. The zero-order valence-corrected chi connectivity index (χ0v) is 9.04. The smallest absolute Gasteiger partial charge is 0.273 e. The Balaban J connectivity index is 2.17. The highest BCUT2D eigenvalue weighted by Crippen LogP contribution is 2.36. The Morgan fingerprint density at radius 2 is 1.71 bits per heavy atom. The van der Waals surface area contributed by atoms with Crippen molar-refractivity contribution in [1.82, 2.24) is 4.31 Å². The summed E-state index contributed by atoms with van der Waals surface area (Å²) in [5, 5.41) is 0. The van der Waals surface area contributed by atoms with Gasteiger partial charge in [-0.25, -0.2) is 0 Å². The molecule has 1 aliphatic carbocycles. The third kappa shape index (κ3) is 1.94. The number of rotatable bonds is 1. The Hall–Kier alpha value is -0.130. The maximum atomic E-state index is 11.1. The fraction of sp³-hybridized carbons (Fsp3) is 1.00. The summed E-state index contributed by atoms with van der Waals surface area (Å²) in [5.74, 6) is 0.486. The van der Waals surface area contributed by atoms with Crippen molar-refractivity contribution in [3.05, 3.63) is 0 Å². The molecule has 1 saturated heterocycles. The van der Waals surface area contributed by atoms with E-state index in [9.17, 15) is 8.42 Å². The van der Waals surface area contributed by atoms with E-state index in [1.165, 1.54) is 10.7 Å².